The van der Waals surface area contributed by atoms with Crippen molar-refractivity contribution in [3.8, 4) is 11.5 Å². The Hall–Kier alpha value is -1.95. The normalized spacial score (nSPS) is 21.8. The molecule has 0 bridgehead atoms. The van der Waals surface area contributed by atoms with Gasteiger partial charge in [0.15, 0.2) is 0 Å². The molecule has 1 aromatic carbocycles. The van der Waals surface area contributed by atoms with Gasteiger partial charge in [0, 0.05) is 25.2 Å². The molecule has 1 fully saturated rings. The topological polar surface area (TPSA) is 74.0 Å². The molecule has 0 radical (unpaired) electrons. The van der Waals surface area contributed by atoms with Crippen LogP contribution in [0.3, 0.4) is 0 Å². The lowest BCUT2D eigenvalue weighted by atomic mass is 9.94. The molecular weight excluding hydrogens is 272 g/mol. The first-order valence-corrected chi connectivity index (χ1v) is 6.89. The highest BCUT2D eigenvalue weighted by molar-refractivity contribution is 5.74. The van der Waals surface area contributed by atoms with Gasteiger partial charge < -0.3 is 24.8 Å². The monoisotopic (exact) mass is 294 g/mol. The zero-order valence-corrected chi connectivity index (χ0v) is 12.7. The van der Waals surface area contributed by atoms with Crippen LogP contribution in [0.1, 0.15) is 6.42 Å². The lowest BCUT2D eigenvalue weighted by Crippen LogP contribution is -2.49. The number of ether oxygens (including phenoxy) is 3. The maximum absolute atomic E-state index is 11.8. The zero-order chi connectivity index (χ0) is 15.4. The van der Waals surface area contributed by atoms with Crippen molar-refractivity contribution in [3.63, 3.8) is 0 Å². The third-order valence-electron chi connectivity index (χ3n) is 3.74. The van der Waals surface area contributed by atoms with E-state index in [0.717, 1.165) is 17.2 Å². The molecule has 6 nitrogen and oxygen atoms in total. The maximum Gasteiger partial charge on any atom is 0.310 e. The number of piperidine rings is 1. The number of anilines is 1. The van der Waals surface area contributed by atoms with E-state index in [2.05, 4.69) is 4.90 Å². The molecule has 21 heavy (non-hydrogen) atoms. The molecule has 1 aliphatic rings. The Kier molecular flexibility index (Phi) is 4.90. The average Bonchev–Trinajstić information content (AvgIpc) is 2.52. The van der Waals surface area contributed by atoms with Crippen LogP contribution < -0.4 is 20.1 Å². The Morgan fingerprint density at radius 3 is 2.62 bits per heavy atom. The van der Waals surface area contributed by atoms with Gasteiger partial charge in [0.2, 0.25) is 0 Å². The van der Waals surface area contributed by atoms with E-state index < -0.39 is 0 Å². The summed E-state index contributed by atoms with van der Waals surface area (Å²) in [5.41, 5.74) is 6.96. The summed E-state index contributed by atoms with van der Waals surface area (Å²) >= 11 is 0. The first kappa shape index (κ1) is 15.4. The average molecular weight is 294 g/mol. The highest BCUT2D eigenvalue weighted by Crippen LogP contribution is 2.34. The number of carbonyl (C=O) groups excluding carboxylic acids is 1. The number of esters is 1. The lowest BCUT2D eigenvalue weighted by molar-refractivity contribution is -0.145. The first-order chi connectivity index (χ1) is 10.1. The second-order valence-corrected chi connectivity index (χ2v) is 5.16. The van der Waals surface area contributed by atoms with Crippen molar-refractivity contribution in [2.75, 3.05) is 39.3 Å². The number of benzene rings is 1. The van der Waals surface area contributed by atoms with Gasteiger partial charge in [-0.1, -0.05) is 0 Å². The van der Waals surface area contributed by atoms with Crippen LogP contribution in [0.4, 0.5) is 5.69 Å². The van der Waals surface area contributed by atoms with Crippen LogP contribution in [0.25, 0.3) is 0 Å². The number of hydrogen-bond acceptors (Lipinski definition) is 6. The number of hydrogen-bond donors (Lipinski definition) is 1. The van der Waals surface area contributed by atoms with Crippen molar-refractivity contribution >= 4 is 11.7 Å². The molecule has 0 amide bonds. The number of rotatable bonds is 4. The summed E-state index contributed by atoms with van der Waals surface area (Å²) in [6.45, 7) is 1.22. The minimum absolute atomic E-state index is 0.0845. The van der Waals surface area contributed by atoms with Gasteiger partial charge in [0.25, 0.3) is 0 Å². The smallest absolute Gasteiger partial charge is 0.310 e. The third kappa shape index (κ3) is 3.39. The van der Waals surface area contributed by atoms with E-state index in [-0.39, 0.29) is 17.9 Å². The SMILES string of the molecule is COC(=O)C1CC(N)CN(c2cc(OC)ccc2OC)C1. The maximum atomic E-state index is 11.8. The van der Waals surface area contributed by atoms with E-state index in [4.69, 9.17) is 19.9 Å². The van der Waals surface area contributed by atoms with Crippen molar-refractivity contribution in [1.82, 2.24) is 0 Å². The summed E-state index contributed by atoms with van der Waals surface area (Å²) in [4.78, 5) is 13.9. The molecular formula is C15H22N2O4. The Bertz CT molecular complexity index is 506. The van der Waals surface area contributed by atoms with Gasteiger partial charge in [0.05, 0.1) is 32.9 Å². The van der Waals surface area contributed by atoms with Gasteiger partial charge in [0.1, 0.15) is 11.5 Å². The molecule has 2 rings (SSSR count). The number of nitrogens with two attached hydrogens (primary N) is 1. The second-order valence-electron chi connectivity index (χ2n) is 5.16. The Morgan fingerprint density at radius 1 is 1.24 bits per heavy atom. The van der Waals surface area contributed by atoms with Crippen LogP contribution in [-0.4, -0.2) is 46.4 Å². The fraction of sp³-hybridized carbons (Fsp3) is 0.533. The van der Waals surface area contributed by atoms with E-state index >= 15 is 0 Å². The molecule has 2 unspecified atom stereocenters. The van der Waals surface area contributed by atoms with Gasteiger partial charge >= 0.3 is 5.97 Å². The molecule has 0 saturated carbocycles. The van der Waals surface area contributed by atoms with Crippen LogP contribution in [0.15, 0.2) is 18.2 Å². The molecule has 0 aliphatic carbocycles. The van der Waals surface area contributed by atoms with Crippen LogP contribution in [-0.2, 0) is 9.53 Å². The van der Waals surface area contributed by atoms with Crippen LogP contribution in [0.5, 0.6) is 11.5 Å². The summed E-state index contributed by atoms with van der Waals surface area (Å²) in [6.07, 6.45) is 0.634. The van der Waals surface area contributed by atoms with Crippen LogP contribution >= 0.6 is 0 Å². The molecule has 116 valence electrons. The fourth-order valence-electron chi connectivity index (χ4n) is 2.72. The van der Waals surface area contributed by atoms with E-state index in [9.17, 15) is 4.79 Å². The van der Waals surface area contributed by atoms with E-state index in [1.807, 2.05) is 18.2 Å². The van der Waals surface area contributed by atoms with Crippen molar-refractivity contribution < 1.29 is 19.0 Å². The van der Waals surface area contributed by atoms with Crippen molar-refractivity contribution in [2.24, 2.45) is 11.7 Å². The summed E-state index contributed by atoms with van der Waals surface area (Å²) < 4.78 is 15.5. The Labute approximate surface area is 124 Å². The van der Waals surface area contributed by atoms with E-state index in [1.165, 1.54) is 7.11 Å². The quantitative estimate of drug-likeness (QED) is 0.836. The minimum Gasteiger partial charge on any atom is -0.497 e. The zero-order valence-electron chi connectivity index (χ0n) is 12.7. The highest BCUT2D eigenvalue weighted by atomic mass is 16.5. The van der Waals surface area contributed by atoms with E-state index in [1.54, 1.807) is 14.2 Å². The first-order valence-electron chi connectivity index (χ1n) is 6.89. The van der Waals surface area contributed by atoms with Gasteiger partial charge in [-0.15, -0.1) is 0 Å². The number of methoxy groups -OCH3 is 3. The van der Waals surface area contributed by atoms with Gasteiger partial charge in [-0.05, 0) is 18.6 Å². The van der Waals surface area contributed by atoms with Gasteiger partial charge in [-0.2, -0.15) is 0 Å². The second kappa shape index (κ2) is 6.67. The molecule has 1 aliphatic heterocycles. The third-order valence-corrected chi connectivity index (χ3v) is 3.74. The highest BCUT2D eigenvalue weighted by Gasteiger charge is 2.32. The van der Waals surface area contributed by atoms with Gasteiger partial charge in [-0.3, -0.25) is 4.79 Å². The van der Waals surface area contributed by atoms with E-state index in [0.29, 0.717) is 19.5 Å². The fourth-order valence-corrected chi connectivity index (χ4v) is 2.72. The molecule has 6 heteroatoms. The minimum atomic E-state index is -0.227. The molecule has 0 spiro atoms. The van der Waals surface area contributed by atoms with Gasteiger partial charge in [-0.25, -0.2) is 0 Å². The summed E-state index contributed by atoms with van der Waals surface area (Å²) in [6, 6.07) is 5.50. The predicted octanol–water partition coefficient (Wildman–Crippen LogP) is 1.03. The molecule has 1 heterocycles. The molecule has 0 aromatic heterocycles. The summed E-state index contributed by atoms with van der Waals surface area (Å²) in [5, 5.41) is 0. The Balaban J connectivity index is 2.29. The summed E-state index contributed by atoms with van der Waals surface area (Å²) in [5.74, 6) is 1.01. The van der Waals surface area contributed by atoms with Crippen molar-refractivity contribution in [1.29, 1.82) is 0 Å². The standard InChI is InChI=1S/C15H22N2O4/c1-19-12-4-5-14(20-2)13(7-12)17-8-10(15(18)21-3)6-11(16)9-17/h4-5,7,10-11H,6,8-9,16H2,1-3H3. The number of nitrogens with zero attached hydrogens (tertiary/aromatic N) is 1. The van der Waals surface area contributed by atoms with Crippen molar-refractivity contribution in [3.05, 3.63) is 18.2 Å². The van der Waals surface area contributed by atoms with Crippen LogP contribution in [0, 0.1) is 5.92 Å². The largest absolute Gasteiger partial charge is 0.497 e. The summed E-state index contributed by atoms with van der Waals surface area (Å²) in [7, 11) is 4.64. The molecule has 2 N–H and O–H groups in total. The molecule has 2 atom stereocenters. The Morgan fingerprint density at radius 2 is 2.00 bits per heavy atom. The van der Waals surface area contributed by atoms with Crippen molar-refractivity contribution in [2.45, 2.75) is 12.5 Å². The molecule has 1 saturated heterocycles. The molecule has 1 aromatic rings. The lowest BCUT2D eigenvalue weighted by Gasteiger charge is -2.37. The predicted molar refractivity (Wildman–Crippen MR) is 79.9 cm³/mol. The number of carbonyl (C=O) groups is 1. The van der Waals surface area contributed by atoms with Crippen LogP contribution in [0.2, 0.25) is 0 Å².